The number of anilines is 1. The molecule has 2 N–H and O–H groups in total. The summed E-state index contributed by atoms with van der Waals surface area (Å²) in [5, 5.41) is 1.70. The molecular formula is C21H18N4O2S2. The normalized spacial score (nSPS) is 13.4. The van der Waals surface area contributed by atoms with Gasteiger partial charge in [0, 0.05) is 28.4 Å². The lowest BCUT2D eigenvalue weighted by molar-refractivity contribution is 0.0462. The summed E-state index contributed by atoms with van der Waals surface area (Å²) in [6, 6.07) is 11.4. The standard InChI is InChI=1S/C21H18N4O2S2/c22-19-13-5-1-2-6-15(13)23-17(24-19)11-27-21(26)18-14-7-10-28-12-16(14)29-20(18)25-8-3-4-9-25/h1-6,8-9H,7,10-12H2,(H2,22,23,24). The van der Waals surface area contributed by atoms with Crippen molar-refractivity contribution in [3.8, 4) is 5.00 Å². The van der Waals surface area contributed by atoms with Gasteiger partial charge in [-0.2, -0.15) is 11.8 Å². The molecule has 0 unspecified atom stereocenters. The van der Waals surface area contributed by atoms with Gasteiger partial charge in [-0.05, 0) is 42.0 Å². The average molecular weight is 423 g/mol. The first-order valence-corrected chi connectivity index (χ1v) is 11.2. The number of benzene rings is 1. The van der Waals surface area contributed by atoms with Crippen molar-refractivity contribution >= 4 is 45.8 Å². The molecule has 0 fully saturated rings. The number of hydrogen-bond donors (Lipinski definition) is 1. The van der Waals surface area contributed by atoms with Crippen molar-refractivity contribution in [2.24, 2.45) is 0 Å². The number of thiophene rings is 1. The van der Waals surface area contributed by atoms with Gasteiger partial charge in [-0.1, -0.05) is 12.1 Å². The van der Waals surface area contributed by atoms with Crippen LogP contribution in [0.15, 0.2) is 48.8 Å². The van der Waals surface area contributed by atoms with Gasteiger partial charge < -0.3 is 15.0 Å². The Morgan fingerprint density at radius 2 is 2.00 bits per heavy atom. The van der Waals surface area contributed by atoms with E-state index in [2.05, 4.69) is 9.97 Å². The number of ether oxygens (including phenoxy) is 1. The molecule has 1 aliphatic rings. The molecule has 0 radical (unpaired) electrons. The number of nitrogens with zero attached hydrogens (tertiary/aromatic N) is 3. The number of fused-ring (bicyclic) bond motifs is 2. The van der Waals surface area contributed by atoms with E-state index in [1.807, 2.05) is 65.1 Å². The molecule has 6 nitrogen and oxygen atoms in total. The molecule has 146 valence electrons. The Kier molecular flexibility index (Phi) is 4.73. The van der Waals surface area contributed by atoms with Crippen LogP contribution < -0.4 is 5.73 Å². The largest absolute Gasteiger partial charge is 0.454 e. The first kappa shape index (κ1) is 18.2. The number of carbonyl (C=O) groups excluding carboxylic acids is 1. The van der Waals surface area contributed by atoms with Crippen LogP contribution in [0.3, 0.4) is 0 Å². The zero-order valence-electron chi connectivity index (χ0n) is 15.5. The fraction of sp³-hybridized carbons (Fsp3) is 0.190. The fourth-order valence-electron chi connectivity index (χ4n) is 3.50. The number of para-hydroxylation sites is 1. The smallest absolute Gasteiger partial charge is 0.341 e. The minimum absolute atomic E-state index is 0.0155. The summed E-state index contributed by atoms with van der Waals surface area (Å²) in [7, 11) is 0. The van der Waals surface area contributed by atoms with Crippen molar-refractivity contribution in [1.29, 1.82) is 0 Å². The summed E-state index contributed by atoms with van der Waals surface area (Å²) < 4.78 is 7.63. The summed E-state index contributed by atoms with van der Waals surface area (Å²) >= 11 is 3.56. The summed E-state index contributed by atoms with van der Waals surface area (Å²) in [6.45, 7) is -0.0155. The monoisotopic (exact) mass is 422 g/mol. The van der Waals surface area contributed by atoms with Gasteiger partial charge in [0.2, 0.25) is 0 Å². The molecule has 0 amide bonds. The van der Waals surface area contributed by atoms with Crippen LogP contribution in [-0.4, -0.2) is 26.3 Å². The van der Waals surface area contributed by atoms with Crippen LogP contribution in [0.25, 0.3) is 15.9 Å². The topological polar surface area (TPSA) is 83.0 Å². The van der Waals surface area contributed by atoms with Crippen molar-refractivity contribution in [2.45, 2.75) is 18.8 Å². The predicted octanol–water partition coefficient (Wildman–Crippen LogP) is 4.21. The zero-order chi connectivity index (χ0) is 19.8. The molecule has 4 aromatic rings. The van der Waals surface area contributed by atoms with Crippen molar-refractivity contribution < 1.29 is 9.53 Å². The van der Waals surface area contributed by atoms with Crippen LogP contribution in [0, 0.1) is 0 Å². The third-order valence-electron chi connectivity index (χ3n) is 4.86. The van der Waals surface area contributed by atoms with Gasteiger partial charge in [-0.25, -0.2) is 14.8 Å². The highest BCUT2D eigenvalue weighted by atomic mass is 32.2. The van der Waals surface area contributed by atoms with E-state index in [4.69, 9.17) is 10.5 Å². The van der Waals surface area contributed by atoms with E-state index in [-0.39, 0.29) is 12.6 Å². The maximum Gasteiger partial charge on any atom is 0.341 e. The van der Waals surface area contributed by atoms with Crippen LogP contribution in [0.2, 0.25) is 0 Å². The number of thioether (sulfide) groups is 1. The predicted molar refractivity (Wildman–Crippen MR) is 117 cm³/mol. The van der Waals surface area contributed by atoms with E-state index >= 15 is 0 Å². The highest BCUT2D eigenvalue weighted by molar-refractivity contribution is 7.98. The van der Waals surface area contributed by atoms with Crippen molar-refractivity contribution in [3.05, 3.63) is 70.6 Å². The molecule has 0 bridgehead atoms. The molecule has 29 heavy (non-hydrogen) atoms. The summed E-state index contributed by atoms with van der Waals surface area (Å²) in [6.07, 6.45) is 4.78. The van der Waals surface area contributed by atoms with Crippen LogP contribution in [-0.2, 0) is 23.5 Å². The number of carbonyl (C=O) groups is 1. The number of esters is 1. The minimum atomic E-state index is -0.339. The molecule has 0 aliphatic carbocycles. The van der Waals surface area contributed by atoms with Crippen LogP contribution in [0.1, 0.15) is 26.6 Å². The number of nitrogens with two attached hydrogens (primary N) is 1. The van der Waals surface area contributed by atoms with Gasteiger partial charge >= 0.3 is 5.97 Å². The molecule has 8 heteroatoms. The van der Waals surface area contributed by atoms with Crippen LogP contribution >= 0.6 is 23.1 Å². The third kappa shape index (κ3) is 3.38. The van der Waals surface area contributed by atoms with Gasteiger partial charge in [-0.3, -0.25) is 0 Å². The summed E-state index contributed by atoms with van der Waals surface area (Å²) in [4.78, 5) is 23.1. The highest BCUT2D eigenvalue weighted by Crippen LogP contribution is 2.38. The van der Waals surface area contributed by atoms with E-state index < -0.39 is 0 Å². The van der Waals surface area contributed by atoms with E-state index in [1.165, 1.54) is 4.88 Å². The number of nitrogen functional groups attached to an aromatic ring is 1. The lowest BCUT2D eigenvalue weighted by Crippen LogP contribution is -2.13. The van der Waals surface area contributed by atoms with Crippen molar-refractivity contribution in [3.63, 3.8) is 0 Å². The molecule has 0 atom stereocenters. The second kappa shape index (κ2) is 7.53. The number of aromatic nitrogens is 3. The quantitative estimate of drug-likeness (QED) is 0.496. The number of hydrogen-bond acceptors (Lipinski definition) is 7. The first-order valence-electron chi connectivity index (χ1n) is 9.24. The van der Waals surface area contributed by atoms with Gasteiger partial charge in [0.1, 0.15) is 10.8 Å². The molecule has 1 aromatic carbocycles. The van der Waals surface area contributed by atoms with Crippen molar-refractivity contribution in [2.75, 3.05) is 11.5 Å². The summed E-state index contributed by atoms with van der Waals surface area (Å²) in [5.41, 5.74) is 8.56. The van der Waals surface area contributed by atoms with E-state index in [9.17, 15) is 4.79 Å². The average Bonchev–Trinajstić information content (AvgIpc) is 3.39. The molecular weight excluding hydrogens is 404 g/mol. The number of rotatable bonds is 4. The first-order chi connectivity index (χ1) is 14.2. The molecule has 0 saturated carbocycles. The molecule has 1 aliphatic heterocycles. The Labute approximate surface area is 175 Å². The second-order valence-electron chi connectivity index (χ2n) is 6.70. The molecule has 0 saturated heterocycles. The second-order valence-corrected chi connectivity index (χ2v) is 8.88. The van der Waals surface area contributed by atoms with Gasteiger partial charge in [0.25, 0.3) is 0 Å². The Hall–Kier alpha value is -2.84. The molecule has 4 heterocycles. The Morgan fingerprint density at radius 1 is 1.17 bits per heavy atom. The van der Waals surface area contributed by atoms with Gasteiger partial charge in [0.15, 0.2) is 12.4 Å². The van der Waals surface area contributed by atoms with E-state index in [1.54, 1.807) is 11.3 Å². The molecule has 5 rings (SSSR count). The van der Waals surface area contributed by atoms with E-state index in [0.717, 1.165) is 39.4 Å². The maximum atomic E-state index is 13.1. The zero-order valence-corrected chi connectivity index (χ0v) is 17.1. The van der Waals surface area contributed by atoms with Crippen LogP contribution in [0.5, 0.6) is 0 Å². The van der Waals surface area contributed by atoms with Crippen molar-refractivity contribution in [1.82, 2.24) is 14.5 Å². The Morgan fingerprint density at radius 3 is 2.86 bits per heavy atom. The van der Waals surface area contributed by atoms with Crippen LogP contribution in [0.4, 0.5) is 5.82 Å². The lowest BCUT2D eigenvalue weighted by atomic mass is 10.1. The Bertz CT molecular complexity index is 1200. The Balaban J connectivity index is 1.45. The molecule has 3 aromatic heterocycles. The third-order valence-corrected chi connectivity index (χ3v) is 7.27. The minimum Gasteiger partial charge on any atom is -0.454 e. The molecule has 0 spiro atoms. The SMILES string of the molecule is Nc1nc(COC(=O)c2c(-n3cccc3)sc3c2CCSC3)nc2ccccc12. The van der Waals surface area contributed by atoms with Gasteiger partial charge in [-0.15, -0.1) is 11.3 Å². The highest BCUT2D eigenvalue weighted by Gasteiger charge is 2.27. The van der Waals surface area contributed by atoms with E-state index in [0.29, 0.717) is 17.2 Å². The van der Waals surface area contributed by atoms with Gasteiger partial charge in [0.05, 0.1) is 11.1 Å². The lowest BCUT2D eigenvalue weighted by Gasteiger charge is -2.13. The fourth-order valence-corrected chi connectivity index (χ4v) is 5.93. The maximum absolute atomic E-state index is 13.1. The summed E-state index contributed by atoms with van der Waals surface area (Å²) in [5.74, 6) is 2.40.